The Morgan fingerprint density at radius 1 is 1.28 bits per heavy atom. The van der Waals surface area contributed by atoms with Crippen LogP contribution in [0.25, 0.3) is 0 Å². The summed E-state index contributed by atoms with van der Waals surface area (Å²) < 4.78 is 5.03. The van der Waals surface area contributed by atoms with E-state index in [0.717, 1.165) is 6.07 Å². The van der Waals surface area contributed by atoms with E-state index in [0.29, 0.717) is 10.7 Å². The van der Waals surface area contributed by atoms with E-state index in [4.69, 9.17) is 22.1 Å². The quantitative estimate of drug-likeness (QED) is 0.364. The maximum Gasteiger partial charge on any atom is 0.341 e. The Bertz CT molecular complexity index is 840. The molecule has 2 aromatic rings. The van der Waals surface area contributed by atoms with Crippen LogP contribution in [0.5, 0.6) is 0 Å². The number of carbonyl (C=O) groups excluding carboxylic acids is 2. The monoisotopic (exact) mass is 363 g/mol. The van der Waals surface area contributed by atoms with Crippen LogP contribution in [0.1, 0.15) is 17.3 Å². The van der Waals surface area contributed by atoms with Gasteiger partial charge in [0.15, 0.2) is 6.10 Å². The van der Waals surface area contributed by atoms with E-state index < -0.39 is 22.9 Å². The van der Waals surface area contributed by atoms with Gasteiger partial charge in [-0.2, -0.15) is 0 Å². The largest absolute Gasteiger partial charge is 0.449 e. The number of anilines is 2. The van der Waals surface area contributed by atoms with Crippen LogP contribution in [0.3, 0.4) is 0 Å². The average molecular weight is 364 g/mol. The molecule has 0 saturated heterocycles. The van der Waals surface area contributed by atoms with Crippen molar-refractivity contribution in [1.29, 1.82) is 0 Å². The van der Waals surface area contributed by atoms with Crippen LogP contribution in [0.15, 0.2) is 42.5 Å². The molecule has 3 N–H and O–H groups in total. The van der Waals surface area contributed by atoms with Gasteiger partial charge in [0.1, 0.15) is 0 Å². The lowest BCUT2D eigenvalue weighted by Crippen LogP contribution is -2.30. The smallest absolute Gasteiger partial charge is 0.341 e. The van der Waals surface area contributed by atoms with Crippen LogP contribution in [-0.2, 0) is 9.53 Å². The number of nitrogens with zero attached hydrogens (tertiary/aromatic N) is 1. The van der Waals surface area contributed by atoms with Gasteiger partial charge in [0, 0.05) is 28.5 Å². The zero-order valence-corrected chi connectivity index (χ0v) is 13.8. The maximum absolute atomic E-state index is 12.1. The number of amides is 1. The number of carbonyl (C=O) groups is 2. The molecule has 2 rings (SSSR count). The summed E-state index contributed by atoms with van der Waals surface area (Å²) in [5.41, 5.74) is 5.60. The molecule has 0 aliphatic carbocycles. The van der Waals surface area contributed by atoms with Crippen molar-refractivity contribution in [3.63, 3.8) is 0 Å². The number of nitrogens with two attached hydrogens (primary N) is 1. The van der Waals surface area contributed by atoms with Gasteiger partial charge in [-0.1, -0.05) is 17.7 Å². The van der Waals surface area contributed by atoms with Crippen molar-refractivity contribution in [2.75, 3.05) is 11.1 Å². The van der Waals surface area contributed by atoms with E-state index in [-0.39, 0.29) is 16.9 Å². The van der Waals surface area contributed by atoms with Gasteiger partial charge >= 0.3 is 5.97 Å². The number of nitrogen functional groups attached to an aromatic ring is 1. The topological polar surface area (TPSA) is 125 Å². The molecule has 0 bridgehead atoms. The number of benzene rings is 2. The van der Waals surface area contributed by atoms with Crippen molar-refractivity contribution in [3.05, 3.63) is 63.2 Å². The molecule has 2 aromatic carbocycles. The predicted molar refractivity (Wildman–Crippen MR) is 92.5 cm³/mol. The van der Waals surface area contributed by atoms with E-state index in [1.54, 1.807) is 18.2 Å². The summed E-state index contributed by atoms with van der Waals surface area (Å²) in [6, 6.07) is 9.85. The predicted octanol–water partition coefficient (Wildman–Crippen LogP) is 3.01. The van der Waals surface area contributed by atoms with Crippen molar-refractivity contribution in [2.45, 2.75) is 13.0 Å². The van der Waals surface area contributed by atoms with Gasteiger partial charge in [-0.3, -0.25) is 14.9 Å². The first-order valence-electron chi connectivity index (χ1n) is 7.09. The molecule has 0 spiro atoms. The van der Waals surface area contributed by atoms with Gasteiger partial charge in [-0.15, -0.1) is 0 Å². The highest BCUT2D eigenvalue weighted by atomic mass is 35.5. The molecule has 130 valence electrons. The second-order valence-corrected chi connectivity index (χ2v) is 5.51. The third-order valence-electron chi connectivity index (χ3n) is 3.21. The molecule has 0 saturated carbocycles. The van der Waals surface area contributed by atoms with Gasteiger partial charge in [0.2, 0.25) is 0 Å². The van der Waals surface area contributed by atoms with Gasteiger partial charge in [0.25, 0.3) is 11.6 Å². The van der Waals surface area contributed by atoms with Crippen LogP contribution in [-0.4, -0.2) is 22.9 Å². The Morgan fingerprint density at radius 3 is 2.64 bits per heavy atom. The SMILES string of the molecule is C[C@@H](OC(=O)c1cc([N+](=O)[O-])ccc1N)C(=O)Nc1cccc(Cl)c1. The molecule has 0 heterocycles. The van der Waals surface area contributed by atoms with E-state index in [1.807, 2.05) is 0 Å². The molecule has 0 aromatic heterocycles. The molecule has 0 aliphatic rings. The molecule has 0 unspecified atom stereocenters. The third kappa shape index (κ3) is 4.67. The maximum atomic E-state index is 12.1. The van der Waals surface area contributed by atoms with Crippen molar-refractivity contribution in [3.8, 4) is 0 Å². The number of rotatable bonds is 5. The minimum absolute atomic E-state index is 0.0121. The molecule has 0 fully saturated rings. The molecule has 1 amide bonds. The highest BCUT2D eigenvalue weighted by molar-refractivity contribution is 6.30. The van der Waals surface area contributed by atoms with Gasteiger partial charge in [0.05, 0.1) is 10.5 Å². The van der Waals surface area contributed by atoms with Gasteiger partial charge in [-0.25, -0.2) is 4.79 Å². The average Bonchev–Trinajstić information content (AvgIpc) is 2.54. The van der Waals surface area contributed by atoms with E-state index in [2.05, 4.69) is 5.32 Å². The summed E-state index contributed by atoms with van der Waals surface area (Å²) in [6.45, 7) is 1.37. The summed E-state index contributed by atoms with van der Waals surface area (Å²) >= 11 is 5.82. The zero-order chi connectivity index (χ0) is 18.6. The lowest BCUT2D eigenvalue weighted by molar-refractivity contribution is -0.384. The van der Waals surface area contributed by atoms with Crippen molar-refractivity contribution >= 4 is 40.5 Å². The summed E-state index contributed by atoms with van der Waals surface area (Å²) in [6.07, 6.45) is -1.15. The summed E-state index contributed by atoms with van der Waals surface area (Å²) in [4.78, 5) is 34.3. The fraction of sp³-hybridized carbons (Fsp3) is 0.125. The fourth-order valence-electron chi connectivity index (χ4n) is 1.92. The first-order valence-corrected chi connectivity index (χ1v) is 7.47. The van der Waals surface area contributed by atoms with Crippen LogP contribution in [0, 0.1) is 10.1 Å². The van der Waals surface area contributed by atoms with Crippen LogP contribution in [0.4, 0.5) is 17.1 Å². The molecular weight excluding hydrogens is 350 g/mol. The zero-order valence-electron chi connectivity index (χ0n) is 13.1. The lowest BCUT2D eigenvalue weighted by atomic mass is 10.1. The number of nitro groups is 1. The van der Waals surface area contributed by atoms with Crippen LogP contribution < -0.4 is 11.1 Å². The third-order valence-corrected chi connectivity index (χ3v) is 3.45. The first kappa shape index (κ1) is 18.2. The molecule has 0 radical (unpaired) electrons. The number of non-ortho nitro benzene ring substituents is 1. The first-order chi connectivity index (χ1) is 11.8. The molecular formula is C16H14ClN3O5. The van der Waals surface area contributed by atoms with E-state index in [1.165, 1.54) is 25.1 Å². The number of hydrogen-bond acceptors (Lipinski definition) is 6. The van der Waals surface area contributed by atoms with Crippen LogP contribution >= 0.6 is 11.6 Å². The Labute approximate surface area is 147 Å². The minimum Gasteiger partial charge on any atom is -0.449 e. The number of halogens is 1. The highest BCUT2D eigenvalue weighted by Gasteiger charge is 2.22. The molecule has 9 heteroatoms. The second-order valence-electron chi connectivity index (χ2n) is 5.08. The van der Waals surface area contributed by atoms with Crippen molar-refractivity contribution < 1.29 is 19.2 Å². The molecule has 25 heavy (non-hydrogen) atoms. The van der Waals surface area contributed by atoms with Crippen molar-refractivity contribution in [2.24, 2.45) is 0 Å². The van der Waals surface area contributed by atoms with E-state index >= 15 is 0 Å². The van der Waals surface area contributed by atoms with Gasteiger partial charge < -0.3 is 15.8 Å². The number of ether oxygens (including phenoxy) is 1. The molecule has 8 nitrogen and oxygen atoms in total. The number of nitro benzene ring substituents is 1. The summed E-state index contributed by atoms with van der Waals surface area (Å²) in [5, 5.41) is 13.8. The number of esters is 1. The molecule has 1 atom stereocenters. The van der Waals surface area contributed by atoms with Crippen LogP contribution in [0.2, 0.25) is 5.02 Å². The van der Waals surface area contributed by atoms with Crippen molar-refractivity contribution in [1.82, 2.24) is 0 Å². The fourth-order valence-corrected chi connectivity index (χ4v) is 2.11. The normalized spacial score (nSPS) is 11.4. The second kappa shape index (κ2) is 7.63. The summed E-state index contributed by atoms with van der Waals surface area (Å²) in [5.74, 6) is -1.52. The van der Waals surface area contributed by atoms with E-state index in [9.17, 15) is 19.7 Å². The molecule has 0 aliphatic heterocycles. The number of nitrogens with one attached hydrogen (secondary N) is 1. The highest BCUT2D eigenvalue weighted by Crippen LogP contribution is 2.21. The summed E-state index contributed by atoms with van der Waals surface area (Å²) in [7, 11) is 0. The standard InChI is InChI=1S/C16H14ClN3O5/c1-9(15(21)19-11-4-2-3-10(17)7-11)25-16(22)13-8-12(20(23)24)5-6-14(13)18/h2-9H,18H2,1H3,(H,19,21)/t9-/m1/s1. The Kier molecular flexibility index (Phi) is 5.56. The Balaban J connectivity index is 2.08. The number of hydrogen-bond donors (Lipinski definition) is 2. The lowest BCUT2D eigenvalue weighted by Gasteiger charge is -2.14. The Morgan fingerprint density at radius 2 is 2.00 bits per heavy atom. The Hall–Kier alpha value is -3.13. The minimum atomic E-state index is -1.15. The van der Waals surface area contributed by atoms with Gasteiger partial charge in [-0.05, 0) is 31.2 Å².